The Labute approximate surface area is 319 Å². The van der Waals surface area contributed by atoms with E-state index in [1.807, 2.05) is 0 Å². The lowest BCUT2D eigenvalue weighted by molar-refractivity contribution is -0.116. The van der Waals surface area contributed by atoms with Gasteiger partial charge in [0.05, 0.1) is 59.7 Å². The number of nitrogens with one attached hydrogen (secondary N) is 2. The van der Waals surface area contributed by atoms with Gasteiger partial charge in [-0.15, -0.1) is 0 Å². The van der Waals surface area contributed by atoms with E-state index in [0.29, 0.717) is 15.1 Å². The van der Waals surface area contributed by atoms with Crippen molar-refractivity contribution in [2.24, 2.45) is 10.3 Å². The van der Waals surface area contributed by atoms with Crippen LogP contribution in [0.4, 0.5) is 20.2 Å². The Bertz CT molecular complexity index is 2410. The first-order chi connectivity index (χ1) is 25.5. The average molecular weight is 864 g/mol. The van der Waals surface area contributed by atoms with Crippen molar-refractivity contribution in [3.05, 3.63) is 130 Å². The summed E-state index contributed by atoms with van der Waals surface area (Å²) in [6, 6.07) is 15.0. The molecule has 0 saturated carbocycles. The standard InChI is InChI=1S/C16H13BrFN5O3S.C16H13ClFN5O3S/c17-11-7-21-23(9-11)16-14(27(19,25)26)6-12(8-20-16)22-15(24)5-10-3-1-2-4-13(10)18;17-13-4-2-1-3-10(13)5-15(24)22-12-6-14(27(19,25)26)16(20-8-12)23-9-11(18)7-21-23/h2*1-4,6-9H,5H2,(H,22,24)(H2,19,25,26). The highest BCUT2D eigenvalue weighted by molar-refractivity contribution is 9.10. The Balaban J connectivity index is 0.000000208. The first kappa shape index (κ1) is 39.8. The van der Waals surface area contributed by atoms with E-state index < -0.39 is 48.4 Å². The van der Waals surface area contributed by atoms with Gasteiger partial charge in [0, 0.05) is 11.2 Å². The molecular weight excluding hydrogens is 838 g/mol. The van der Waals surface area contributed by atoms with Crippen LogP contribution >= 0.6 is 27.5 Å². The van der Waals surface area contributed by atoms with Crippen molar-refractivity contribution in [1.82, 2.24) is 29.5 Å². The van der Waals surface area contributed by atoms with E-state index >= 15 is 0 Å². The van der Waals surface area contributed by atoms with Gasteiger partial charge < -0.3 is 10.6 Å². The number of nitrogens with two attached hydrogens (primary N) is 2. The molecule has 4 heterocycles. The molecular formula is C32H26BrClF2N10O6S2. The summed E-state index contributed by atoms with van der Waals surface area (Å²) in [6.45, 7) is 0. The van der Waals surface area contributed by atoms with Crippen molar-refractivity contribution in [3.8, 4) is 11.6 Å². The molecule has 22 heteroatoms. The van der Waals surface area contributed by atoms with Crippen molar-refractivity contribution in [2.75, 3.05) is 10.6 Å². The summed E-state index contributed by atoms with van der Waals surface area (Å²) in [6.07, 6.45) is 7.06. The largest absolute Gasteiger partial charge is 0.324 e. The molecule has 0 fully saturated rings. The first-order valence-corrected chi connectivity index (χ1v) is 19.3. The molecule has 16 nitrogen and oxygen atoms in total. The summed E-state index contributed by atoms with van der Waals surface area (Å²) in [5.41, 5.74) is 1.04. The number of rotatable bonds is 10. The van der Waals surface area contributed by atoms with E-state index in [4.69, 9.17) is 21.9 Å². The zero-order chi connectivity index (χ0) is 39.2. The van der Waals surface area contributed by atoms with Crippen molar-refractivity contribution < 1.29 is 35.2 Å². The molecule has 0 spiro atoms. The second kappa shape index (κ2) is 16.7. The van der Waals surface area contributed by atoms with Gasteiger partial charge in [-0.05, 0) is 51.3 Å². The number of pyridine rings is 2. The van der Waals surface area contributed by atoms with E-state index in [1.165, 1.54) is 53.7 Å². The number of carbonyl (C=O) groups excluding carboxylic acids is 2. The van der Waals surface area contributed by atoms with Crippen molar-refractivity contribution in [2.45, 2.75) is 22.6 Å². The highest BCUT2D eigenvalue weighted by Crippen LogP contribution is 2.23. The Kier molecular flexibility index (Phi) is 12.3. The van der Waals surface area contributed by atoms with Crippen LogP contribution in [-0.4, -0.2) is 58.2 Å². The first-order valence-electron chi connectivity index (χ1n) is 15.0. The van der Waals surface area contributed by atoms with Gasteiger partial charge in [0.1, 0.15) is 15.6 Å². The van der Waals surface area contributed by atoms with Gasteiger partial charge in [-0.25, -0.2) is 55.2 Å². The van der Waals surface area contributed by atoms with E-state index in [0.717, 1.165) is 23.1 Å². The number of carbonyl (C=O) groups is 2. The summed E-state index contributed by atoms with van der Waals surface area (Å²) in [5, 5.41) is 23.6. The number of primary sulfonamides is 2. The number of aromatic nitrogens is 6. The molecule has 6 N–H and O–H groups in total. The molecule has 0 unspecified atom stereocenters. The number of nitrogens with zero attached hydrogens (tertiary/aromatic N) is 6. The Hall–Kier alpha value is -5.45. The average Bonchev–Trinajstić information content (AvgIpc) is 3.74. The summed E-state index contributed by atoms with van der Waals surface area (Å²) in [4.78, 5) is 31.6. The fourth-order valence-electron chi connectivity index (χ4n) is 4.65. The number of anilines is 2. The minimum atomic E-state index is -4.21. The quantitative estimate of drug-likeness (QED) is 0.155. The van der Waals surface area contributed by atoms with Crippen LogP contribution in [0.2, 0.25) is 5.02 Å². The molecule has 0 aliphatic carbocycles. The fourth-order valence-corrected chi connectivity index (χ4v) is 6.52. The molecule has 0 aliphatic rings. The third kappa shape index (κ3) is 10.4. The molecule has 0 bridgehead atoms. The van der Waals surface area contributed by atoms with Crippen LogP contribution in [0, 0.1) is 11.6 Å². The molecule has 54 heavy (non-hydrogen) atoms. The third-order valence-corrected chi connectivity index (χ3v) is 9.61. The maximum Gasteiger partial charge on any atom is 0.241 e. The molecule has 0 aliphatic heterocycles. The van der Waals surface area contributed by atoms with Crippen LogP contribution in [0.5, 0.6) is 0 Å². The summed E-state index contributed by atoms with van der Waals surface area (Å²) >= 11 is 9.23. The van der Waals surface area contributed by atoms with E-state index in [9.17, 15) is 35.2 Å². The molecule has 2 aromatic carbocycles. The molecule has 280 valence electrons. The maximum atomic E-state index is 13.7. The smallest absolute Gasteiger partial charge is 0.241 e. The van der Waals surface area contributed by atoms with E-state index in [2.05, 4.69) is 46.7 Å². The minimum Gasteiger partial charge on any atom is -0.324 e. The molecule has 4 aromatic heterocycles. The van der Waals surface area contributed by atoms with Gasteiger partial charge >= 0.3 is 0 Å². The Morgan fingerprint density at radius 1 is 0.722 bits per heavy atom. The zero-order valence-corrected chi connectivity index (χ0v) is 31.2. The lowest BCUT2D eigenvalue weighted by atomic mass is 10.1. The van der Waals surface area contributed by atoms with Crippen LogP contribution in [0.25, 0.3) is 11.6 Å². The minimum absolute atomic E-state index is 0.0174. The SMILES string of the molecule is NS(=O)(=O)c1cc(NC(=O)Cc2ccccc2Cl)cnc1-n1cc(F)cn1.NS(=O)(=O)c1cc(NC(=O)Cc2ccccc2F)cnc1-n1cc(Br)cn1. The van der Waals surface area contributed by atoms with E-state index in [-0.39, 0.29) is 46.3 Å². The van der Waals surface area contributed by atoms with Crippen LogP contribution in [-0.2, 0) is 42.5 Å². The molecule has 6 aromatic rings. The van der Waals surface area contributed by atoms with Crippen molar-refractivity contribution in [1.29, 1.82) is 0 Å². The van der Waals surface area contributed by atoms with Crippen LogP contribution in [0.1, 0.15) is 11.1 Å². The Morgan fingerprint density at radius 2 is 1.20 bits per heavy atom. The Morgan fingerprint density at radius 3 is 1.67 bits per heavy atom. The second-order valence-electron chi connectivity index (χ2n) is 11.0. The number of hydrogen-bond donors (Lipinski definition) is 4. The monoisotopic (exact) mass is 862 g/mol. The van der Waals surface area contributed by atoms with Gasteiger partial charge in [0.15, 0.2) is 17.5 Å². The third-order valence-electron chi connectivity index (χ3n) is 7.00. The fraction of sp³-hybridized carbons (Fsp3) is 0.0625. The number of sulfonamides is 2. The van der Waals surface area contributed by atoms with Crippen molar-refractivity contribution in [3.63, 3.8) is 0 Å². The number of benzene rings is 2. The molecule has 0 saturated heterocycles. The highest BCUT2D eigenvalue weighted by atomic mass is 79.9. The molecule has 0 atom stereocenters. The normalized spacial score (nSPS) is 11.4. The van der Waals surface area contributed by atoms with Gasteiger partial charge in [-0.3, -0.25) is 9.59 Å². The maximum absolute atomic E-state index is 13.7. The summed E-state index contributed by atoms with van der Waals surface area (Å²) in [7, 11) is -8.36. The molecule has 6 rings (SSSR count). The van der Waals surface area contributed by atoms with E-state index in [1.54, 1.807) is 30.3 Å². The zero-order valence-electron chi connectivity index (χ0n) is 27.3. The van der Waals surface area contributed by atoms with Gasteiger partial charge in [-0.2, -0.15) is 10.2 Å². The second-order valence-corrected chi connectivity index (χ2v) is 15.4. The topological polar surface area (TPSA) is 240 Å². The molecule has 2 amide bonds. The van der Waals surface area contributed by atoms with Crippen LogP contribution < -0.4 is 20.9 Å². The number of amides is 2. The predicted molar refractivity (Wildman–Crippen MR) is 196 cm³/mol. The molecule has 0 radical (unpaired) electrons. The van der Waals surface area contributed by atoms with Crippen LogP contribution in [0.3, 0.4) is 0 Å². The van der Waals surface area contributed by atoms with Crippen molar-refractivity contribution >= 4 is 70.8 Å². The lowest BCUT2D eigenvalue weighted by Gasteiger charge is -2.10. The predicted octanol–water partition coefficient (Wildman–Crippen LogP) is 3.89. The van der Waals surface area contributed by atoms with Gasteiger partial charge in [0.25, 0.3) is 0 Å². The van der Waals surface area contributed by atoms with Gasteiger partial charge in [0.2, 0.25) is 31.9 Å². The highest BCUT2D eigenvalue weighted by Gasteiger charge is 2.21. The number of hydrogen-bond acceptors (Lipinski definition) is 10. The van der Waals surface area contributed by atoms with Gasteiger partial charge in [-0.1, -0.05) is 48.0 Å². The summed E-state index contributed by atoms with van der Waals surface area (Å²) in [5.74, 6) is -2.34. The number of halogens is 4. The summed E-state index contributed by atoms with van der Waals surface area (Å²) < 4.78 is 77.2. The lowest BCUT2D eigenvalue weighted by Crippen LogP contribution is -2.19. The van der Waals surface area contributed by atoms with Crippen LogP contribution in [0.15, 0.2) is 112 Å².